The smallest absolute Gasteiger partial charge is 0.0576 e. The molecule has 0 bridgehead atoms. The summed E-state index contributed by atoms with van der Waals surface area (Å²) in [5.41, 5.74) is 5.78. The van der Waals surface area contributed by atoms with Crippen molar-refractivity contribution in [3.63, 3.8) is 0 Å². The Hall–Kier alpha value is -0.120. The van der Waals surface area contributed by atoms with E-state index in [0.717, 1.165) is 32.1 Å². The van der Waals surface area contributed by atoms with Crippen LogP contribution < -0.4 is 5.73 Å². The van der Waals surface area contributed by atoms with E-state index in [-0.39, 0.29) is 6.10 Å². The predicted octanol–water partition coefficient (Wildman–Crippen LogP) is 1.04. The summed E-state index contributed by atoms with van der Waals surface area (Å²) in [5.74, 6) is 0. The molecule has 1 aliphatic carbocycles. The monoisotopic (exact) mass is 187 g/mol. The summed E-state index contributed by atoms with van der Waals surface area (Å²) in [6.07, 6.45) is 5.22. The summed E-state index contributed by atoms with van der Waals surface area (Å²) >= 11 is 0. The highest BCUT2D eigenvalue weighted by atomic mass is 16.5. The second-order valence-corrected chi connectivity index (χ2v) is 4.05. The zero-order valence-electron chi connectivity index (χ0n) is 8.41. The van der Waals surface area contributed by atoms with Gasteiger partial charge < -0.3 is 15.6 Å². The van der Waals surface area contributed by atoms with Crippen LogP contribution in [0.5, 0.6) is 0 Å². The van der Waals surface area contributed by atoms with Crippen LogP contribution in [0.25, 0.3) is 0 Å². The van der Waals surface area contributed by atoms with Gasteiger partial charge in [0, 0.05) is 12.6 Å². The number of ether oxygens (including phenoxy) is 1. The van der Waals surface area contributed by atoms with Crippen LogP contribution in [0.4, 0.5) is 0 Å². The number of nitrogens with two attached hydrogens (primary N) is 1. The number of rotatable bonds is 4. The molecule has 1 atom stereocenters. The Morgan fingerprint density at radius 1 is 1.38 bits per heavy atom. The molecule has 1 aliphatic rings. The molecular formula is C10H21NO2. The van der Waals surface area contributed by atoms with Crippen LogP contribution >= 0.6 is 0 Å². The quantitative estimate of drug-likeness (QED) is 0.691. The SMILES string of the molecule is CC(O)CCOC1CCC(N)CC1. The Kier molecular flexibility index (Phi) is 4.70. The standard InChI is InChI=1S/C10H21NO2/c1-8(12)6-7-13-10-4-2-9(11)3-5-10/h8-10,12H,2-7,11H2,1H3. The minimum absolute atomic E-state index is 0.245. The first kappa shape index (κ1) is 11.0. The van der Waals surface area contributed by atoms with E-state index in [9.17, 15) is 0 Å². The van der Waals surface area contributed by atoms with Crippen LogP contribution in [0.3, 0.4) is 0 Å². The van der Waals surface area contributed by atoms with E-state index in [1.807, 2.05) is 0 Å². The lowest BCUT2D eigenvalue weighted by Gasteiger charge is -2.26. The van der Waals surface area contributed by atoms with Crippen LogP contribution in [-0.2, 0) is 4.74 Å². The lowest BCUT2D eigenvalue weighted by molar-refractivity contribution is 0.00928. The lowest BCUT2D eigenvalue weighted by Crippen LogP contribution is -2.30. The van der Waals surface area contributed by atoms with Gasteiger partial charge in [0.2, 0.25) is 0 Å². The molecule has 3 N–H and O–H groups in total. The molecule has 13 heavy (non-hydrogen) atoms. The third kappa shape index (κ3) is 4.60. The highest BCUT2D eigenvalue weighted by Gasteiger charge is 2.18. The van der Waals surface area contributed by atoms with E-state index in [2.05, 4.69) is 0 Å². The summed E-state index contributed by atoms with van der Waals surface area (Å²) in [6, 6.07) is 0.386. The van der Waals surface area contributed by atoms with E-state index in [4.69, 9.17) is 15.6 Å². The van der Waals surface area contributed by atoms with Gasteiger partial charge >= 0.3 is 0 Å². The minimum atomic E-state index is -0.245. The Balaban J connectivity index is 2.02. The van der Waals surface area contributed by atoms with Gasteiger partial charge in [-0.25, -0.2) is 0 Å². The van der Waals surface area contributed by atoms with Crippen LogP contribution in [0, 0.1) is 0 Å². The van der Waals surface area contributed by atoms with Crippen molar-refractivity contribution >= 4 is 0 Å². The molecule has 0 radical (unpaired) electrons. The largest absolute Gasteiger partial charge is 0.393 e. The Labute approximate surface area is 80.3 Å². The first-order chi connectivity index (χ1) is 6.18. The van der Waals surface area contributed by atoms with E-state index >= 15 is 0 Å². The lowest BCUT2D eigenvalue weighted by atomic mass is 9.94. The van der Waals surface area contributed by atoms with Crippen LogP contribution in [0.2, 0.25) is 0 Å². The van der Waals surface area contributed by atoms with Crippen molar-refractivity contribution in [2.45, 2.75) is 57.3 Å². The van der Waals surface area contributed by atoms with Gasteiger partial charge in [0.15, 0.2) is 0 Å². The van der Waals surface area contributed by atoms with Crippen molar-refractivity contribution in [3.8, 4) is 0 Å². The minimum Gasteiger partial charge on any atom is -0.393 e. The van der Waals surface area contributed by atoms with E-state index < -0.39 is 0 Å². The maximum Gasteiger partial charge on any atom is 0.0576 e. The summed E-state index contributed by atoms with van der Waals surface area (Å²) in [5, 5.41) is 9.02. The van der Waals surface area contributed by atoms with Gasteiger partial charge in [0.05, 0.1) is 12.2 Å². The number of aliphatic hydroxyl groups is 1. The molecule has 0 aromatic rings. The molecule has 78 valence electrons. The maximum absolute atomic E-state index is 9.02. The molecule has 3 nitrogen and oxygen atoms in total. The molecule has 0 aliphatic heterocycles. The first-order valence-corrected chi connectivity index (χ1v) is 5.23. The van der Waals surface area contributed by atoms with Crippen molar-refractivity contribution in [3.05, 3.63) is 0 Å². The van der Waals surface area contributed by atoms with Crippen molar-refractivity contribution in [1.82, 2.24) is 0 Å². The summed E-state index contributed by atoms with van der Waals surface area (Å²) in [7, 11) is 0. The normalized spacial score (nSPS) is 31.6. The topological polar surface area (TPSA) is 55.5 Å². The zero-order valence-corrected chi connectivity index (χ0v) is 8.41. The average molecular weight is 187 g/mol. The van der Waals surface area contributed by atoms with Gasteiger partial charge in [0.25, 0.3) is 0 Å². The molecule has 0 aromatic carbocycles. The molecule has 0 aromatic heterocycles. The third-order valence-electron chi connectivity index (χ3n) is 2.61. The molecule has 3 heteroatoms. The van der Waals surface area contributed by atoms with E-state index in [1.54, 1.807) is 6.92 Å². The van der Waals surface area contributed by atoms with Crippen LogP contribution in [0.1, 0.15) is 39.0 Å². The summed E-state index contributed by atoms with van der Waals surface area (Å²) in [4.78, 5) is 0. The zero-order chi connectivity index (χ0) is 9.68. The van der Waals surface area contributed by atoms with Gasteiger partial charge in [-0.1, -0.05) is 0 Å². The third-order valence-corrected chi connectivity index (χ3v) is 2.61. The Bertz CT molecular complexity index is 131. The Morgan fingerprint density at radius 2 is 2.00 bits per heavy atom. The molecule has 1 saturated carbocycles. The highest BCUT2D eigenvalue weighted by Crippen LogP contribution is 2.19. The Morgan fingerprint density at radius 3 is 2.54 bits per heavy atom. The van der Waals surface area contributed by atoms with Gasteiger partial charge in [-0.05, 0) is 39.0 Å². The summed E-state index contributed by atoms with van der Waals surface area (Å²) < 4.78 is 5.63. The molecule has 1 unspecified atom stereocenters. The van der Waals surface area contributed by atoms with Crippen LogP contribution in [-0.4, -0.2) is 30.0 Å². The first-order valence-electron chi connectivity index (χ1n) is 5.23. The van der Waals surface area contributed by atoms with Crippen molar-refractivity contribution < 1.29 is 9.84 Å². The number of hydrogen-bond acceptors (Lipinski definition) is 3. The van der Waals surface area contributed by atoms with Crippen molar-refractivity contribution in [2.24, 2.45) is 5.73 Å². The van der Waals surface area contributed by atoms with Gasteiger partial charge in [0.1, 0.15) is 0 Å². The predicted molar refractivity (Wildman–Crippen MR) is 52.5 cm³/mol. The number of hydrogen-bond donors (Lipinski definition) is 2. The van der Waals surface area contributed by atoms with E-state index in [1.165, 1.54) is 0 Å². The highest BCUT2D eigenvalue weighted by molar-refractivity contribution is 4.74. The van der Waals surface area contributed by atoms with Gasteiger partial charge in [-0.3, -0.25) is 0 Å². The molecule has 0 amide bonds. The average Bonchev–Trinajstić information content (AvgIpc) is 2.08. The van der Waals surface area contributed by atoms with Gasteiger partial charge in [-0.2, -0.15) is 0 Å². The van der Waals surface area contributed by atoms with Gasteiger partial charge in [-0.15, -0.1) is 0 Å². The molecular weight excluding hydrogens is 166 g/mol. The fraction of sp³-hybridized carbons (Fsp3) is 1.00. The van der Waals surface area contributed by atoms with E-state index in [0.29, 0.717) is 18.8 Å². The maximum atomic E-state index is 9.02. The molecule has 0 saturated heterocycles. The summed E-state index contributed by atoms with van der Waals surface area (Å²) in [6.45, 7) is 2.47. The van der Waals surface area contributed by atoms with Crippen LogP contribution in [0.15, 0.2) is 0 Å². The fourth-order valence-corrected chi connectivity index (χ4v) is 1.66. The van der Waals surface area contributed by atoms with Crippen molar-refractivity contribution in [1.29, 1.82) is 0 Å². The molecule has 1 fully saturated rings. The molecule has 0 spiro atoms. The van der Waals surface area contributed by atoms with Crippen molar-refractivity contribution in [2.75, 3.05) is 6.61 Å². The second-order valence-electron chi connectivity index (χ2n) is 4.05. The molecule has 0 heterocycles. The molecule has 1 rings (SSSR count). The fourth-order valence-electron chi connectivity index (χ4n) is 1.66. The number of aliphatic hydroxyl groups excluding tert-OH is 1. The second kappa shape index (κ2) is 5.58.